The third-order valence-corrected chi connectivity index (χ3v) is 5.34. The van der Waals surface area contributed by atoms with Crippen molar-refractivity contribution < 1.29 is 9.90 Å². The number of aliphatic hydroxyl groups is 1. The second kappa shape index (κ2) is 11.0. The molecular formula is C23H23Cl2N5O2. The molecule has 1 amide bonds. The summed E-state index contributed by atoms with van der Waals surface area (Å²) in [6.45, 7) is 2.90. The maximum absolute atomic E-state index is 12.8. The molecule has 1 atom stereocenters. The average molecular weight is 472 g/mol. The Labute approximate surface area is 196 Å². The Morgan fingerprint density at radius 2 is 2.06 bits per heavy atom. The van der Waals surface area contributed by atoms with Gasteiger partial charge in [0.1, 0.15) is 11.9 Å². The molecule has 1 aromatic carbocycles. The largest absolute Gasteiger partial charge is 0.394 e. The molecule has 3 rings (SSSR count). The first kappa shape index (κ1) is 23.6. The third-order valence-electron chi connectivity index (χ3n) is 4.79. The minimum absolute atomic E-state index is 0.154. The van der Waals surface area contributed by atoms with Crippen molar-refractivity contribution in [3.8, 4) is 17.2 Å². The van der Waals surface area contributed by atoms with Crippen LogP contribution >= 0.6 is 23.2 Å². The standard InChI is InChI=1S/C23H23Cl2N5O2/c1-15(14-31)29-23(32)20-13-30(12-19(20)18-5-4-17(24)9-21(18)25)8-2-7-27-22-6-3-16(10-26)11-28-22/h3-6,9,11-13,15,31H,2,7-8,14H2,1H3,(H,27,28)(H,29,32)/t15-/m0/s1. The molecule has 9 heteroatoms. The molecule has 0 aliphatic carbocycles. The first-order chi connectivity index (χ1) is 15.4. The number of rotatable bonds is 9. The molecule has 0 radical (unpaired) electrons. The van der Waals surface area contributed by atoms with E-state index >= 15 is 0 Å². The van der Waals surface area contributed by atoms with Crippen molar-refractivity contribution in [1.29, 1.82) is 5.26 Å². The third kappa shape index (κ3) is 6.01. The first-order valence-electron chi connectivity index (χ1n) is 10.1. The number of anilines is 1. The van der Waals surface area contributed by atoms with E-state index in [-0.39, 0.29) is 18.6 Å². The van der Waals surface area contributed by atoms with E-state index < -0.39 is 0 Å². The van der Waals surface area contributed by atoms with Gasteiger partial charge in [0.05, 0.1) is 17.7 Å². The highest BCUT2D eigenvalue weighted by atomic mass is 35.5. The van der Waals surface area contributed by atoms with Gasteiger partial charge in [-0.25, -0.2) is 4.98 Å². The number of aryl methyl sites for hydroxylation is 1. The number of hydrogen-bond acceptors (Lipinski definition) is 5. The Morgan fingerprint density at radius 1 is 1.25 bits per heavy atom. The molecule has 3 N–H and O–H groups in total. The van der Waals surface area contributed by atoms with E-state index in [1.54, 1.807) is 43.5 Å². The summed E-state index contributed by atoms with van der Waals surface area (Å²) in [6, 6.07) is 10.3. The summed E-state index contributed by atoms with van der Waals surface area (Å²) in [5, 5.41) is 25.1. The van der Waals surface area contributed by atoms with Gasteiger partial charge in [0.15, 0.2) is 0 Å². The van der Waals surface area contributed by atoms with Crippen LogP contribution in [0.4, 0.5) is 5.82 Å². The number of hydrogen-bond donors (Lipinski definition) is 3. The molecule has 0 fully saturated rings. The van der Waals surface area contributed by atoms with Crippen LogP contribution in [0.5, 0.6) is 0 Å². The van der Waals surface area contributed by atoms with Crippen molar-refractivity contribution in [2.75, 3.05) is 18.5 Å². The molecule has 0 saturated heterocycles. The molecular weight excluding hydrogens is 449 g/mol. The van der Waals surface area contributed by atoms with Crippen LogP contribution in [0.25, 0.3) is 11.1 Å². The second-order valence-corrected chi connectivity index (χ2v) is 8.17. The number of pyridine rings is 1. The summed E-state index contributed by atoms with van der Waals surface area (Å²) in [5.74, 6) is 0.412. The maximum atomic E-state index is 12.8. The first-order valence-corrected chi connectivity index (χ1v) is 10.8. The summed E-state index contributed by atoms with van der Waals surface area (Å²) >= 11 is 12.4. The molecule has 3 aromatic rings. The Bertz CT molecular complexity index is 1120. The lowest BCUT2D eigenvalue weighted by Crippen LogP contribution is -2.35. The Kier molecular flexibility index (Phi) is 8.12. The van der Waals surface area contributed by atoms with Crippen LogP contribution in [0.2, 0.25) is 10.0 Å². The summed E-state index contributed by atoms with van der Waals surface area (Å²) in [6.07, 6.45) is 5.96. The molecule has 0 aliphatic rings. The number of halogens is 2. The predicted octanol–water partition coefficient (Wildman–Crippen LogP) is 4.34. The van der Waals surface area contributed by atoms with Crippen LogP contribution in [-0.4, -0.2) is 39.8 Å². The van der Waals surface area contributed by atoms with E-state index in [1.165, 1.54) is 6.20 Å². The fourth-order valence-electron chi connectivity index (χ4n) is 3.13. The molecule has 166 valence electrons. The predicted molar refractivity (Wildman–Crippen MR) is 126 cm³/mol. The molecule has 2 heterocycles. The van der Waals surface area contributed by atoms with Crippen LogP contribution in [-0.2, 0) is 6.54 Å². The highest BCUT2D eigenvalue weighted by Crippen LogP contribution is 2.33. The van der Waals surface area contributed by atoms with Crippen LogP contribution in [0, 0.1) is 11.3 Å². The van der Waals surface area contributed by atoms with Gasteiger partial charge in [0.2, 0.25) is 0 Å². The van der Waals surface area contributed by atoms with Crippen LogP contribution < -0.4 is 10.6 Å². The molecule has 0 spiro atoms. The van der Waals surface area contributed by atoms with Gasteiger partial charge in [0.25, 0.3) is 5.91 Å². The van der Waals surface area contributed by atoms with Gasteiger partial charge in [-0.05, 0) is 37.6 Å². The molecule has 0 unspecified atom stereocenters. The quantitative estimate of drug-likeness (QED) is 0.402. The fourth-order valence-corrected chi connectivity index (χ4v) is 3.64. The molecule has 0 bridgehead atoms. The monoisotopic (exact) mass is 471 g/mol. The number of aromatic nitrogens is 2. The zero-order valence-corrected chi connectivity index (χ0v) is 19.0. The van der Waals surface area contributed by atoms with E-state index in [1.807, 2.05) is 16.8 Å². The molecule has 0 aliphatic heterocycles. The normalized spacial score (nSPS) is 11.6. The number of nitriles is 1. The van der Waals surface area contributed by atoms with E-state index in [2.05, 4.69) is 15.6 Å². The number of benzene rings is 1. The van der Waals surface area contributed by atoms with Crippen LogP contribution in [0.1, 0.15) is 29.3 Å². The van der Waals surface area contributed by atoms with Crippen molar-refractivity contribution in [2.24, 2.45) is 0 Å². The van der Waals surface area contributed by atoms with Crippen molar-refractivity contribution in [3.05, 3.63) is 70.1 Å². The van der Waals surface area contributed by atoms with E-state index in [0.29, 0.717) is 51.2 Å². The number of nitrogens with one attached hydrogen (secondary N) is 2. The Hall–Kier alpha value is -3.05. The lowest BCUT2D eigenvalue weighted by molar-refractivity contribution is 0.0923. The zero-order chi connectivity index (χ0) is 23.1. The fraction of sp³-hybridized carbons (Fsp3) is 0.261. The molecule has 32 heavy (non-hydrogen) atoms. The lowest BCUT2D eigenvalue weighted by atomic mass is 10.0. The second-order valence-electron chi connectivity index (χ2n) is 7.33. The number of nitrogens with zero attached hydrogens (tertiary/aromatic N) is 3. The van der Waals surface area contributed by atoms with Gasteiger partial charge in [-0.1, -0.05) is 29.3 Å². The van der Waals surface area contributed by atoms with Crippen molar-refractivity contribution in [3.63, 3.8) is 0 Å². The summed E-state index contributed by atoms with van der Waals surface area (Å²) < 4.78 is 1.94. The topological polar surface area (TPSA) is 103 Å². The number of aliphatic hydroxyl groups excluding tert-OH is 1. The zero-order valence-electron chi connectivity index (χ0n) is 17.5. The highest BCUT2D eigenvalue weighted by molar-refractivity contribution is 6.36. The van der Waals surface area contributed by atoms with Gasteiger partial charge in [0, 0.05) is 58.9 Å². The van der Waals surface area contributed by atoms with Crippen LogP contribution in [0.3, 0.4) is 0 Å². The van der Waals surface area contributed by atoms with Crippen molar-refractivity contribution in [1.82, 2.24) is 14.9 Å². The Morgan fingerprint density at radius 3 is 2.72 bits per heavy atom. The van der Waals surface area contributed by atoms with E-state index in [4.69, 9.17) is 28.5 Å². The minimum atomic E-state index is -0.372. The summed E-state index contributed by atoms with van der Waals surface area (Å²) in [7, 11) is 0. The van der Waals surface area contributed by atoms with Gasteiger partial charge < -0.3 is 20.3 Å². The molecule has 0 saturated carbocycles. The maximum Gasteiger partial charge on any atom is 0.253 e. The minimum Gasteiger partial charge on any atom is -0.394 e. The van der Waals surface area contributed by atoms with Gasteiger partial charge >= 0.3 is 0 Å². The van der Waals surface area contributed by atoms with Crippen molar-refractivity contribution in [2.45, 2.75) is 25.9 Å². The number of carbonyl (C=O) groups is 1. The van der Waals surface area contributed by atoms with Crippen molar-refractivity contribution >= 4 is 34.9 Å². The molecule has 2 aromatic heterocycles. The van der Waals surface area contributed by atoms with E-state index in [0.717, 1.165) is 6.42 Å². The van der Waals surface area contributed by atoms with Crippen LogP contribution in [0.15, 0.2) is 48.9 Å². The average Bonchev–Trinajstić information content (AvgIpc) is 3.21. The summed E-state index contributed by atoms with van der Waals surface area (Å²) in [4.78, 5) is 17.0. The van der Waals surface area contributed by atoms with Gasteiger partial charge in [-0.15, -0.1) is 0 Å². The Balaban J connectivity index is 1.74. The SMILES string of the molecule is C[C@@H](CO)NC(=O)c1cn(CCCNc2ccc(C#N)cn2)cc1-c1ccc(Cl)cc1Cl. The molecule has 7 nitrogen and oxygen atoms in total. The summed E-state index contributed by atoms with van der Waals surface area (Å²) in [5.41, 5.74) is 2.38. The number of amides is 1. The number of carbonyl (C=O) groups excluding carboxylic acids is 1. The van der Waals surface area contributed by atoms with Gasteiger partial charge in [-0.3, -0.25) is 4.79 Å². The van der Waals surface area contributed by atoms with E-state index in [9.17, 15) is 9.90 Å². The van der Waals surface area contributed by atoms with Gasteiger partial charge in [-0.2, -0.15) is 5.26 Å². The highest BCUT2D eigenvalue weighted by Gasteiger charge is 2.19. The lowest BCUT2D eigenvalue weighted by Gasteiger charge is -2.11. The smallest absolute Gasteiger partial charge is 0.253 e.